The number of rotatable bonds is 0. The van der Waals surface area contributed by atoms with Crippen LogP contribution in [0, 0.1) is 68.0 Å². The first-order valence-electron chi connectivity index (χ1n) is 20.4. The summed E-state index contributed by atoms with van der Waals surface area (Å²) in [7, 11) is 0. The molecule has 298 valence electrons. The van der Waals surface area contributed by atoms with Crippen LogP contribution in [0.4, 0.5) is 0 Å². The molecule has 0 radical (unpaired) electrons. The molecule has 55 heavy (non-hydrogen) atoms. The second-order valence-electron chi connectivity index (χ2n) is 21.7. The van der Waals surface area contributed by atoms with Crippen molar-refractivity contribution in [2.75, 3.05) is 13.2 Å². The van der Waals surface area contributed by atoms with Gasteiger partial charge in [-0.05, 0) is 85.2 Å². The Morgan fingerprint density at radius 1 is 0.636 bits per heavy atom. The SMILES string of the molecule is C=C1C(=O)[C@]23[C@H](O)[C@H]1CC[C@H]2[C@@]12CO[C@]3(O)[C@@H](O)[C@@H]1C(C)(C)C[C@]1(CC[C@@]34CC(C)(C)[C@H]5[C@H](O)[C@@]6(O)OC[C@@]5([C@@H]5CC[C@H]7C(=C)C(=O)[C@]56[C@@H]7O)[C@]3(O1)O4)C2=O. The van der Waals surface area contributed by atoms with Gasteiger partial charge >= 0.3 is 0 Å². The Kier molecular flexibility index (Phi) is 5.72. The molecule has 8 saturated carbocycles. The van der Waals surface area contributed by atoms with Crippen LogP contribution in [-0.4, -0.2) is 114 Å². The smallest absolute Gasteiger partial charge is 0.208 e. The Morgan fingerprint density at radius 2 is 1.16 bits per heavy atom. The van der Waals surface area contributed by atoms with Gasteiger partial charge in [-0.3, -0.25) is 14.4 Å². The van der Waals surface area contributed by atoms with Gasteiger partial charge in [0.2, 0.25) is 17.4 Å². The number of hydrogen-bond acceptors (Lipinski definition) is 13. The predicted octanol–water partition coefficient (Wildman–Crippen LogP) is 0.846. The molecule has 6 aliphatic heterocycles. The van der Waals surface area contributed by atoms with Gasteiger partial charge in [0, 0.05) is 23.7 Å². The molecular weight excluding hydrogens is 712 g/mol. The summed E-state index contributed by atoms with van der Waals surface area (Å²) in [6, 6.07) is 0. The minimum atomic E-state index is -2.44. The van der Waals surface area contributed by atoms with Gasteiger partial charge in [0.15, 0.2) is 17.3 Å². The molecule has 0 amide bonds. The van der Waals surface area contributed by atoms with E-state index < -0.39 is 133 Å². The normalized spacial score (nSPS) is 64.7. The van der Waals surface area contributed by atoms with Gasteiger partial charge in [-0.1, -0.05) is 40.9 Å². The zero-order valence-electron chi connectivity index (χ0n) is 31.8. The lowest BCUT2D eigenvalue weighted by atomic mass is 9.33. The molecule has 14 fully saturated rings. The van der Waals surface area contributed by atoms with Crippen molar-refractivity contribution in [1.29, 1.82) is 0 Å². The highest BCUT2D eigenvalue weighted by atomic mass is 16.8. The van der Waals surface area contributed by atoms with Crippen LogP contribution in [0.1, 0.15) is 79.1 Å². The zero-order valence-corrected chi connectivity index (χ0v) is 31.8. The van der Waals surface area contributed by atoms with Crippen molar-refractivity contribution < 1.29 is 64.0 Å². The van der Waals surface area contributed by atoms with E-state index in [0.717, 1.165) is 0 Å². The van der Waals surface area contributed by atoms with E-state index in [2.05, 4.69) is 13.2 Å². The Bertz CT molecular complexity index is 2010. The van der Waals surface area contributed by atoms with Gasteiger partial charge in [-0.25, -0.2) is 0 Å². The summed E-state index contributed by atoms with van der Waals surface area (Å²) in [5, 5.41) is 73.8. The standard InChI is InChI=1S/C42H52O13/c1-17-19-7-9-21-36-15-52-40(50,38(21,25(17)43)27(19)45)29(47)23(36)32(3,4)13-34(31(36)49)11-12-35-14-33(5,6)24-30(48)41(51)39-22(10-8-20(28(39)46)18(2)26(39)44)37(24,16-53-41)42(35,54-34)55-35/h19-24,27-30,45-48,50-51H,1-2,7-16H2,3-6H3/t19-,20-,21-,22-,23+,24+,27+,28+,29-,30-,34+,35+,36-,37-,38-,39-,40+,41+,42+/m0/s1. The maximum Gasteiger partial charge on any atom is 0.208 e. The first-order chi connectivity index (χ1) is 25.6. The fourth-order valence-corrected chi connectivity index (χ4v) is 18.2. The molecule has 0 unspecified atom stereocenters. The van der Waals surface area contributed by atoms with E-state index >= 15 is 4.79 Å². The minimum absolute atomic E-state index is 0.124. The van der Waals surface area contributed by atoms with Crippen molar-refractivity contribution in [2.45, 2.75) is 132 Å². The Balaban J connectivity index is 1.06. The number of aliphatic hydroxyl groups is 6. The number of aliphatic hydroxyl groups excluding tert-OH is 4. The summed E-state index contributed by atoms with van der Waals surface area (Å²) in [4.78, 5) is 45.1. The fraction of sp³-hybridized carbons (Fsp3) is 0.833. The number of ketones is 3. The van der Waals surface area contributed by atoms with E-state index in [4.69, 9.17) is 18.9 Å². The monoisotopic (exact) mass is 764 g/mol. The molecule has 0 aromatic rings. The van der Waals surface area contributed by atoms with Crippen LogP contribution in [0.15, 0.2) is 24.3 Å². The van der Waals surface area contributed by atoms with Crippen LogP contribution >= 0.6 is 0 Å². The van der Waals surface area contributed by atoms with Crippen molar-refractivity contribution >= 4 is 17.3 Å². The zero-order chi connectivity index (χ0) is 39.1. The van der Waals surface area contributed by atoms with E-state index in [9.17, 15) is 40.2 Å². The van der Waals surface area contributed by atoms with Crippen LogP contribution in [0.2, 0.25) is 0 Å². The molecule has 19 atom stereocenters. The van der Waals surface area contributed by atoms with Crippen LogP contribution < -0.4 is 0 Å². The highest BCUT2D eigenvalue weighted by Gasteiger charge is 2.99. The van der Waals surface area contributed by atoms with Crippen LogP contribution in [-0.2, 0) is 33.3 Å². The van der Waals surface area contributed by atoms with Crippen molar-refractivity contribution in [3.8, 4) is 0 Å². The van der Waals surface area contributed by atoms with Crippen molar-refractivity contribution in [1.82, 2.24) is 0 Å². The summed E-state index contributed by atoms with van der Waals surface area (Å²) in [5.41, 5.74) is -10.5. The Morgan fingerprint density at radius 3 is 1.78 bits per heavy atom. The van der Waals surface area contributed by atoms with Gasteiger partial charge in [-0.15, -0.1) is 0 Å². The lowest BCUT2D eigenvalue weighted by Gasteiger charge is -2.76. The Hall–Kier alpha value is -1.91. The number of ether oxygens (including phenoxy) is 4. The molecule has 14 aliphatic rings. The van der Waals surface area contributed by atoms with Gasteiger partial charge in [0.1, 0.15) is 34.2 Å². The summed E-state index contributed by atoms with van der Waals surface area (Å²) >= 11 is 0. The molecule has 13 nitrogen and oxygen atoms in total. The number of fused-ring (bicyclic) bond motifs is 4. The van der Waals surface area contributed by atoms with Gasteiger partial charge in [0.25, 0.3) is 0 Å². The lowest BCUT2D eigenvalue weighted by molar-refractivity contribution is -0.474. The molecule has 8 aliphatic carbocycles. The molecule has 6 N–H and O–H groups in total. The number of hydrogen-bond donors (Lipinski definition) is 6. The molecule has 8 bridgehead atoms. The van der Waals surface area contributed by atoms with Crippen LogP contribution in [0.3, 0.4) is 0 Å². The van der Waals surface area contributed by atoms with E-state index in [1.807, 2.05) is 27.7 Å². The van der Waals surface area contributed by atoms with E-state index in [0.29, 0.717) is 38.5 Å². The molecule has 14 rings (SSSR count). The molecular formula is C42H52O13. The molecule has 6 saturated heterocycles. The first-order valence-corrected chi connectivity index (χ1v) is 20.4. The maximum absolute atomic E-state index is 16.2. The second kappa shape index (κ2) is 8.97. The quantitative estimate of drug-likeness (QED) is 0.149. The molecule has 6 heterocycles. The topological polar surface area (TPSA) is 213 Å². The van der Waals surface area contributed by atoms with Crippen LogP contribution in [0.5, 0.6) is 0 Å². The third kappa shape index (κ3) is 2.82. The second-order valence-corrected chi connectivity index (χ2v) is 21.7. The highest BCUT2D eigenvalue weighted by Crippen LogP contribution is 2.87. The van der Waals surface area contributed by atoms with Gasteiger partial charge in [-0.2, -0.15) is 0 Å². The summed E-state index contributed by atoms with van der Waals surface area (Å²) in [5.74, 6) is -12.4. The summed E-state index contributed by atoms with van der Waals surface area (Å²) in [6.07, 6.45) is -3.41. The van der Waals surface area contributed by atoms with Crippen molar-refractivity contribution in [3.05, 3.63) is 24.3 Å². The van der Waals surface area contributed by atoms with Crippen LogP contribution in [0.25, 0.3) is 0 Å². The van der Waals surface area contributed by atoms with Gasteiger partial charge < -0.3 is 49.6 Å². The molecule has 5 spiro atoms. The lowest BCUT2D eigenvalue weighted by Crippen LogP contribution is -2.89. The van der Waals surface area contributed by atoms with E-state index in [1.165, 1.54) is 0 Å². The maximum atomic E-state index is 16.2. The van der Waals surface area contributed by atoms with E-state index in [1.54, 1.807) is 0 Å². The average molecular weight is 765 g/mol. The highest BCUT2D eigenvalue weighted by molar-refractivity contribution is 6.07. The third-order valence-corrected chi connectivity index (χ3v) is 19.4. The molecule has 0 aromatic heterocycles. The fourth-order valence-electron chi connectivity index (χ4n) is 18.2. The number of epoxide rings is 1. The Labute approximate surface area is 318 Å². The number of carbonyl (C=O) groups excluding carboxylic acids is 3. The van der Waals surface area contributed by atoms with Crippen molar-refractivity contribution in [2.24, 2.45) is 68.0 Å². The third-order valence-electron chi connectivity index (χ3n) is 19.4. The van der Waals surface area contributed by atoms with Crippen molar-refractivity contribution in [3.63, 3.8) is 0 Å². The first kappa shape index (κ1) is 35.1. The summed E-state index contributed by atoms with van der Waals surface area (Å²) in [6.45, 7) is 15.6. The molecule has 0 aromatic carbocycles. The largest absolute Gasteiger partial charge is 0.391 e. The number of Topliss-reactive ketones (excluding diaryl/α,β-unsaturated/α-hetero) is 3. The average Bonchev–Trinajstić information content (AvgIpc) is 3.75. The van der Waals surface area contributed by atoms with Gasteiger partial charge in [0.05, 0.1) is 36.3 Å². The predicted molar refractivity (Wildman–Crippen MR) is 185 cm³/mol. The summed E-state index contributed by atoms with van der Waals surface area (Å²) < 4.78 is 27.2. The van der Waals surface area contributed by atoms with E-state index in [-0.39, 0.29) is 43.0 Å². The minimum Gasteiger partial charge on any atom is -0.391 e. The molecule has 13 heteroatoms. The number of carbonyl (C=O) groups is 3.